The Morgan fingerprint density at radius 2 is 1.89 bits per heavy atom. The summed E-state index contributed by atoms with van der Waals surface area (Å²) in [5.41, 5.74) is 2.14. The number of amides is 2. The summed E-state index contributed by atoms with van der Waals surface area (Å²) in [6, 6.07) is 10.9. The molecule has 0 spiro atoms. The molecule has 2 aromatic carbocycles. The van der Waals surface area contributed by atoms with Crippen molar-refractivity contribution in [3.8, 4) is 11.1 Å². The molecule has 0 bridgehead atoms. The van der Waals surface area contributed by atoms with Gasteiger partial charge in [-0.15, -0.1) is 0 Å². The van der Waals surface area contributed by atoms with Crippen molar-refractivity contribution in [1.82, 2.24) is 10.2 Å². The molecule has 0 aromatic heterocycles. The number of halogens is 2. The fourth-order valence-electron chi connectivity index (χ4n) is 3.59. The molecule has 2 aliphatic heterocycles. The molecule has 2 heterocycles. The lowest BCUT2D eigenvalue weighted by molar-refractivity contribution is -0.135. The topological polar surface area (TPSA) is 58.6 Å². The second-order valence-corrected chi connectivity index (χ2v) is 7.22. The van der Waals surface area contributed by atoms with Crippen LogP contribution in [0.2, 0.25) is 0 Å². The molecule has 5 nitrogen and oxygen atoms in total. The van der Waals surface area contributed by atoms with Gasteiger partial charge in [-0.3, -0.25) is 4.79 Å². The zero-order valence-corrected chi connectivity index (χ0v) is 15.2. The molecular weight excluding hydrogens is 366 g/mol. The zero-order valence-electron chi connectivity index (χ0n) is 15.2. The Morgan fingerprint density at radius 3 is 2.54 bits per heavy atom. The first-order chi connectivity index (χ1) is 13.5. The highest BCUT2D eigenvalue weighted by Gasteiger charge is 2.32. The number of ether oxygens (including phenoxy) is 1. The predicted molar refractivity (Wildman–Crippen MR) is 98.6 cm³/mol. The van der Waals surface area contributed by atoms with Gasteiger partial charge in [0.05, 0.1) is 6.04 Å². The Bertz CT molecular complexity index is 895. The third-order valence-corrected chi connectivity index (χ3v) is 5.30. The van der Waals surface area contributed by atoms with E-state index in [1.54, 1.807) is 4.90 Å². The van der Waals surface area contributed by atoms with Crippen molar-refractivity contribution >= 4 is 12.0 Å². The smallest absolute Gasteiger partial charge is 0.407 e. The van der Waals surface area contributed by atoms with Gasteiger partial charge in [0.2, 0.25) is 5.91 Å². The van der Waals surface area contributed by atoms with E-state index in [4.69, 9.17) is 4.74 Å². The first-order valence-electron chi connectivity index (χ1n) is 9.26. The molecule has 0 saturated carbocycles. The molecule has 28 heavy (non-hydrogen) atoms. The largest absolute Gasteiger partial charge is 0.447 e. The van der Waals surface area contributed by atoms with E-state index in [0.717, 1.165) is 11.6 Å². The van der Waals surface area contributed by atoms with Crippen LogP contribution in [0.15, 0.2) is 42.5 Å². The van der Waals surface area contributed by atoms with Crippen LogP contribution in [0.4, 0.5) is 13.6 Å². The molecule has 1 N–H and O–H groups in total. The minimum atomic E-state index is -0.597. The van der Waals surface area contributed by atoms with Crippen molar-refractivity contribution in [2.45, 2.75) is 24.8 Å². The third kappa shape index (κ3) is 3.83. The summed E-state index contributed by atoms with van der Waals surface area (Å²) in [6.45, 7) is 1.61. The maximum Gasteiger partial charge on any atom is 0.407 e. The number of hydrogen-bond acceptors (Lipinski definition) is 3. The van der Waals surface area contributed by atoms with Crippen molar-refractivity contribution in [2.24, 2.45) is 0 Å². The van der Waals surface area contributed by atoms with Crippen LogP contribution in [-0.2, 0) is 9.53 Å². The Balaban J connectivity index is 1.29. The molecule has 1 atom stereocenters. The first kappa shape index (κ1) is 18.4. The number of alkyl carbamates (subject to hydrolysis) is 1. The molecule has 0 radical (unpaired) electrons. The number of likely N-dealkylation sites (tertiary alicyclic amines) is 1. The van der Waals surface area contributed by atoms with Crippen molar-refractivity contribution in [3.05, 3.63) is 59.7 Å². The van der Waals surface area contributed by atoms with Crippen molar-refractivity contribution in [1.29, 1.82) is 0 Å². The van der Waals surface area contributed by atoms with Crippen molar-refractivity contribution < 1.29 is 23.1 Å². The second-order valence-electron chi connectivity index (χ2n) is 7.22. The number of carbonyl (C=O) groups is 2. The van der Waals surface area contributed by atoms with Gasteiger partial charge in [-0.05, 0) is 29.7 Å². The van der Waals surface area contributed by atoms with E-state index in [1.165, 1.54) is 12.1 Å². The summed E-state index contributed by atoms with van der Waals surface area (Å²) in [7, 11) is 0. The Kier molecular flexibility index (Phi) is 4.98. The van der Waals surface area contributed by atoms with Crippen LogP contribution < -0.4 is 5.32 Å². The van der Waals surface area contributed by atoms with E-state index in [9.17, 15) is 18.4 Å². The molecule has 0 unspecified atom stereocenters. The Hall–Kier alpha value is -2.96. The molecule has 2 saturated heterocycles. The third-order valence-electron chi connectivity index (χ3n) is 5.30. The normalized spacial score (nSPS) is 19.1. The lowest BCUT2D eigenvalue weighted by Crippen LogP contribution is -2.48. The summed E-state index contributed by atoms with van der Waals surface area (Å²) >= 11 is 0. The number of rotatable bonds is 5. The standard InChI is InChI=1S/C21H20F2N2O3/c22-16-5-7-18(19(23)9-16)14-3-1-13(2-4-14)15-10-25(11-15)20(26)8-6-17-12-28-21(27)24-17/h1-5,7,9,15,17H,6,8,10-12H2,(H,24,27)/t17-/m1/s1. The molecule has 146 valence electrons. The molecule has 0 aliphatic carbocycles. The van der Waals surface area contributed by atoms with E-state index < -0.39 is 17.7 Å². The van der Waals surface area contributed by atoms with Crippen LogP contribution in [0.3, 0.4) is 0 Å². The van der Waals surface area contributed by atoms with Gasteiger partial charge in [0.25, 0.3) is 0 Å². The van der Waals surface area contributed by atoms with Gasteiger partial charge in [-0.1, -0.05) is 24.3 Å². The van der Waals surface area contributed by atoms with Gasteiger partial charge in [0.15, 0.2) is 0 Å². The molecule has 2 aromatic rings. The highest BCUT2D eigenvalue weighted by atomic mass is 19.1. The average Bonchev–Trinajstić information content (AvgIpc) is 3.05. The van der Waals surface area contributed by atoms with E-state index in [1.807, 2.05) is 24.3 Å². The maximum absolute atomic E-state index is 13.9. The van der Waals surface area contributed by atoms with Gasteiger partial charge in [0.1, 0.15) is 18.2 Å². The van der Waals surface area contributed by atoms with Crippen molar-refractivity contribution in [3.63, 3.8) is 0 Å². The van der Waals surface area contributed by atoms with Crippen LogP contribution in [0, 0.1) is 11.6 Å². The summed E-state index contributed by atoms with van der Waals surface area (Å²) in [6.07, 6.45) is 0.526. The number of carbonyl (C=O) groups excluding carboxylic acids is 2. The highest BCUT2D eigenvalue weighted by molar-refractivity contribution is 5.77. The van der Waals surface area contributed by atoms with Crippen molar-refractivity contribution in [2.75, 3.05) is 19.7 Å². The van der Waals surface area contributed by atoms with Crippen LogP contribution in [0.5, 0.6) is 0 Å². The minimum absolute atomic E-state index is 0.0717. The average molecular weight is 386 g/mol. The number of nitrogens with one attached hydrogen (secondary N) is 1. The number of nitrogens with zero attached hydrogens (tertiary/aromatic N) is 1. The quantitative estimate of drug-likeness (QED) is 0.856. The minimum Gasteiger partial charge on any atom is -0.447 e. The molecule has 2 aliphatic rings. The Labute approximate surface area is 161 Å². The van der Waals surface area contributed by atoms with Crippen LogP contribution in [0.1, 0.15) is 24.3 Å². The Morgan fingerprint density at radius 1 is 1.14 bits per heavy atom. The van der Waals surface area contributed by atoms with Gasteiger partial charge in [0, 0.05) is 37.1 Å². The highest BCUT2D eigenvalue weighted by Crippen LogP contribution is 2.30. The maximum atomic E-state index is 13.9. The second kappa shape index (κ2) is 7.58. The van der Waals surface area contributed by atoms with E-state index >= 15 is 0 Å². The summed E-state index contributed by atoms with van der Waals surface area (Å²) < 4.78 is 31.8. The van der Waals surface area contributed by atoms with E-state index in [-0.39, 0.29) is 17.9 Å². The summed E-state index contributed by atoms with van der Waals surface area (Å²) in [5, 5.41) is 2.67. The van der Waals surface area contributed by atoms with E-state index in [2.05, 4.69) is 5.32 Å². The lowest BCUT2D eigenvalue weighted by atomic mass is 9.89. The van der Waals surface area contributed by atoms with Gasteiger partial charge in [-0.2, -0.15) is 0 Å². The number of benzene rings is 2. The van der Waals surface area contributed by atoms with Gasteiger partial charge >= 0.3 is 6.09 Å². The van der Waals surface area contributed by atoms with Crippen LogP contribution in [0.25, 0.3) is 11.1 Å². The molecule has 2 amide bonds. The lowest BCUT2D eigenvalue weighted by Gasteiger charge is -2.40. The zero-order chi connectivity index (χ0) is 19.7. The fraction of sp³-hybridized carbons (Fsp3) is 0.333. The van der Waals surface area contributed by atoms with E-state index in [0.29, 0.717) is 43.7 Å². The monoisotopic (exact) mass is 386 g/mol. The number of cyclic esters (lactones) is 1. The molecule has 7 heteroatoms. The van der Waals surface area contributed by atoms with Gasteiger partial charge in [-0.25, -0.2) is 13.6 Å². The molecular formula is C21H20F2N2O3. The SMILES string of the molecule is O=C1N[C@H](CCC(=O)N2CC(c3ccc(-c4ccc(F)cc4F)cc3)C2)CO1. The first-order valence-corrected chi connectivity index (χ1v) is 9.26. The predicted octanol–water partition coefficient (Wildman–Crippen LogP) is 3.45. The summed E-state index contributed by atoms with van der Waals surface area (Å²) in [4.78, 5) is 25.0. The molecule has 2 fully saturated rings. The molecule has 4 rings (SSSR count). The van der Waals surface area contributed by atoms with Gasteiger partial charge < -0.3 is 15.0 Å². The number of hydrogen-bond donors (Lipinski definition) is 1. The fourth-order valence-corrected chi connectivity index (χ4v) is 3.59. The van der Waals surface area contributed by atoms with Crippen LogP contribution >= 0.6 is 0 Å². The summed E-state index contributed by atoms with van der Waals surface area (Å²) in [5.74, 6) is -0.857. The van der Waals surface area contributed by atoms with Crippen LogP contribution in [-0.4, -0.2) is 42.6 Å².